The molecule has 0 aliphatic heterocycles. The predicted octanol–water partition coefficient (Wildman–Crippen LogP) is 5.62. The quantitative estimate of drug-likeness (QED) is 0.513. The van der Waals surface area contributed by atoms with Crippen molar-refractivity contribution in [2.24, 2.45) is 17.8 Å². The van der Waals surface area contributed by atoms with Crippen molar-refractivity contribution in [1.82, 2.24) is 0 Å². The minimum absolute atomic E-state index is 0.799. The first-order valence-corrected chi connectivity index (χ1v) is 7.20. The van der Waals surface area contributed by atoms with Gasteiger partial charge in [0.15, 0.2) is 0 Å². The first-order chi connectivity index (χ1) is 7.20. The van der Waals surface area contributed by atoms with Gasteiger partial charge in [0.05, 0.1) is 0 Å². The lowest BCUT2D eigenvalue weighted by Crippen LogP contribution is -2.35. The topological polar surface area (TPSA) is 0 Å². The highest BCUT2D eigenvalue weighted by atomic mass is 14.2. The SMILES string of the molecule is CC(C)[C@@H](C)[B-]([C@H](C)C(C)C)[C@H](C)C(C)C. The zero-order valence-electron chi connectivity index (χ0n) is 13.0. The molecular formula is C15H33B-. The number of hydrogen-bond acceptors (Lipinski definition) is 0. The maximum Gasteiger partial charge on any atom is -0.0656 e. The summed E-state index contributed by atoms with van der Waals surface area (Å²) in [6.45, 7) is 22.5. The summed E-state index contributed by atoms with van der Waals surface area (Å²) >= 11 is 0. The van der Waals surface area contributed by atoms with Crippen LogP contribution >= 0.6 is 0 Å². The van der Waals surface area contributed by atoms with Crippen LogP contribution in [0.5, 0.6) is 0 Å². The van der Waals surface area contributed by atoms with Crippen LogP contribution in [-0.4, -0.2) is 6.71 Å². The average Bonchev–Trinajstić information content (AvgIpc) is 2.16. The largest absolute Gasteiger partial charge is 0.197 e. The molecule has 0 fully saturated rings. The van der Waals surface area contributed by atoms with Gasteiger partial charge in [0.2, 0.25) is 0 Å². The highest BCUT2D eigenvalue weighted by molar-refractivity contribution is 6.63. The van der Waals surface area contributed by atoms with Crippen LogP contribution in [-0.2, 0) is 0 Å². The molecule has 1 heteroatoms. The summed E-state index contributed by atoms with van der Waals surface area (Å²) < 4.78 is 0. The van der Waals surface area contributed by atoms with Gasteiger partial charge in [0.1, 0.15) is 0 Å². The van der Waals surface area contributed by atoms with Crippen LogP contribution in [0.25, 0.3) is 0 Å². The second-order valence-electron chi connectivity index (χ2n) is 6.89. The van der Waals surface area contributed by atoms with Crippen molar-refractivity contribution in [3.8, 4) is 0 Å². The van der Waals surface area contributed by atoms with Gasteiger partial charge in [-0.2, -0.15) is 17.5 Å². The summed E-state index contributed by atoms with van der Waals surface area (Å²) in [4.78, 5) is 0. The third-order valence-corrected chi connectivity index (χ3v) is 4.98. The van der Waals surface area contributed by atoms with E-state index < -0.39 is 0 Å². The van der Waals surface area contributed by atoms with Crippen molar-refractivity contribution in [3.63, 3.8) is 0 Å². The van der Waals surface area contributed by atoms with E-state index in [1.54, 1.807) is 0 Å². The Balaban J connectivity index is 4.89. The first kappa shape index (κ1) is 16.1. The van der Waals surface area contributed by atoms with Crippen LogP contribution < -0.4 is 0 Å². The average molecular weight is 224 g/mol. The van der Waals surface area contributed by atoms with Gasteiger partial charge in [-0.3, -0.25) is 0 Å². The molecule has 0 rings (SSSR count). The molecule has 0 aliphatic rings. The Kier molecular flexibility index (Phi) is 6.74. The van der Waals surface area contributed by atoms with Crippen LogP contribution in [0.2, 0.25) is 17.5 Å². The Morgan fingerprint density at radius 2 is 0.625 bits per heavy atom. The molecule has 0 aromatic heterocycles. The summed E-state index contributed by atoms with van der Waals surface area (Å²) in [6, 6.07) is 0. The molecule has 3 atom stereocenters. The predicted molar refractivity (Wildman–Crippen MR) is 78.5 cm³/mol. The van der Waals surface area contributed by atoms with Gasteiger partial charge in [0, 0.05) is 0 Å². The standard InChI is InChI=1S/C15H33B/c1-10(2)13(7)16(14(8)11(3)4)15(9)12(5)6/h10-15H,1-9H3/q-1/t13-,14-,15-/m1/s1. The van der Waals surface area contributed by atoms with Gasteiger partial charge < -0.3 is 0 Å². The van der Waals surface area contributed by atoms with Crippen LogP contribution in [0.4, 0.5) is 0 Å². The minimum atomic E-state index is 0.799. The van der Waals surface area contributed by atoms with Crippen molar-refractivity contribution in [2.75, 3.05) is 0 Å². The summed E-state index contributed by atoms with van der Waals surface area (Å²) in [6.07, 6.45) is 0. The molecule has 16 heavy (non-hydrogen) atoms. The molecule has 0 aromatic carbocycles. The zero-order chi connectivity index (χ0) is 13.0. The fourth-order valence-corrected chi connectivity index (χ4v) is 2.77. The Bertz CT molecular complexity index is 151. The third kappa shape index (κ3) is 4.15. The minimum Gasteiger partial charge on any atom is -0.197 e. The van der Waals surface area contributed by atoms with Crippen LogP contribution in [0.3, 0.4) is 0 Å². The molecule has 0 spiro atoms. The molecule has 0 amide bonds. The molecule has 0 N–H and O–H groups in total. The van der Waals surface area contributed by atoms with E-state index in [9.17, 15) is 0 Å². The fraction of sp³-hybridized carbons (Fsp3) is 1.00. The van der Waals surface area contributed by atoms with E-state index in [-0.39, 0.29) is 0 Å². The van der Waals surface area contributed by atoms with E-state index in [0.29, 0.717) is 0 Å². The maximum atomic E-state index is 2.45. The maximum absolute atomic E-state index is 2.45. The van der Waals surface area contributed by atoms with E-state index in [1.807, 2.05) is 0 Å². The van der Waals surface area contributed by atoms with Gasteiger partial charge >= 0.3 is 0 Å². The second kappa shape index (κ2) is 6.72. The lowest BCUT2D eigenvalue weighted by atomic mass is 9.25. The molecule has 0 aromatic rings. The molecule has 0 aliphatic carbocycles. The number of rotatable bonds is 6. The molecule has 0 unspecified atom stereocenters. The summed E-state index contributed by atoms with van der Waals surface area (Å²) in [5.74, 6) is 4.88. The van der Waals surface area contributed by atoms with Gasteiger partial charge in [-0.15, -0.1) is 6.71 Å². The Morgan fingerprint density at radius 1 is 0.438 bits per heavy atom. The fourth-order valence-electron chi connectivity index (χ4n) is 2.77. The Labute approximate surface area is 105 Å². The molecule has 1 radical (unpaired) electrons. The summed E-state index contributed by atoms with van der Waals surface area (Å²) in [5, 5.41) is 0. The van der Waals surface area contributed by atoms with Gasteiger partial charge in [-0.1, -0.05) is 80.1 Å². The molecule has 97 valence electrons. The van der Waals surface area contributed by atoms with Crippen molar-refractivity contribution < 1.29 is 0 Å². The van der Waals surface area contributed by atoms with Crippen molar-refractivity contribution in [3.05, 3.63) is 0 Å². The van der Waals surface area contributed by atoms with E-state index in [1.165, 1.54) is 0 Å². The molecule has 0 saturated heterocycles. The van der Waals surface area contributed by atoms with E-state index in [0.717, 1.165) is 41.9 Å². The first-order valence-electron chi connectivity index (χ1n) is 7.20. The van der Waals surface area contributed by atoms with Crippen LogP contribution in [0.1, 0.15) is 62.3 Å². The van der Waals surface area contributed by atoms with Crippen molar-refractivity contribution in [1.29, 1.82) is 0 Å². The molecule has 0 nitrogen and oxygen atoms in total. The Hall–Kier alpha value is 0.0649. The smallest absolute Gasteiger partial charge is 0.0656 e. The molecule has 0 bridgehead atoms. The number of hydrogen-bond donors (Lipinski definition) is 0. The Morgan fingerprint density at radius 3 is 0.750 bits per heavy atom. The molecular weight excluding hydrogens is 191 g/mol. The van der Waals surface area contributed by atoms with E-state index in [2.05, 4.69) is 62.3 Å². The molecule has 0 saturated carbocycles. The van der Waals surface area contributed by atoms with E-state index in [4.69, 9.17) is 0 Å². The third-order valence-electron chi connectivity index (χ3n) is 4.98. The van der Waals surface area contributed by atoms with Gasteiger partial charge in [0.25, 0.3) is 0 Å². The highest BCUT2D eigenvalue weighted by Crippen LogP contribution is 2.41. The van der Waals surface area contributed by atoms with Gasteiger partial charge in [-0.25, -0.2) is 0 Å². The van der Waals surface area contributed by atoms with Gasteiger partial charge in [-0.05, 0) is 0 Å². The monoisotopic (exact) mass is 224 g/mol. The normalized spacial score (nSPS) is 18.6. The van der Waals surface area contributed by atoms with Crippen LogP contribution in [0, 0.1) is 17.8 Å². The lowest BCUT2D eigenvalue weighted by molar-refractivity contribution is 0.518. The van der Waals surface area contributed by atoms with Crippen molar-refractivity contribution in [2.45, 2.75) is 79.8 Å². The summed E-state index contributed by atoms with van der Waals surface area (Å²) in [7, 11) is 0. The molecule has 0 heterocycles. The van der Waals surface area contributed by atoms with Crippen LogP contribution in [0.15, 0.2) is 0 Å². The second-order valence-corrected chi connectivity index (χ2v) is 6.89. The summed E-state index contributed by atoms with van der Waals surface area (Å²) in [5.41, 5.74) is 0. The zero-order valence-corrected chi connectivity index (χ0v) is 13.0. The highest BCUT2D eigenvalue weighted by Gasteiger charge is 2.23. The lowest BCUT2D eigenvalue weighted by Gasteiger charge is -2.50. The van der Waals surface area contributed by atoms with Crippen molar-refractivity contribution >= 4 is 6.71 Å². The van der Waals surface area contributed by atoms with E-state index >= 15 is 0 Å².